The van der Waals surface area contributed by atoms with E-state index in [9.17, 15) is 23.1 Å². The van der Waals surface area contributed by atoms with Crippen molar-refractivity contribution in [2.24, 2.45) is 5.84 Å². The third-order valence-corrected chi connectivity index (χ3v) is 3.49. The average Bonchev–Trinajstić information content (AvgIpc) is 2.97. The number of amides is 1. The second kappa shape index (κ2) is 6.36. The van der Waals surface area contributed by atoms with Crippen molar-refractivity contribution < 1.29 is 23.1 Å². The van der Waals surface area contributed by atoms with Gasteiger partial charge < -0.3 is 15.8 Å². The van der Waals surface area contributed by atoms with Gasteiger partial charge in [0.2, 0.25) is 0 Å². The molecule has 2 rings (SSSR count). The lowest BCUT2D eigenvalue weighted by Gasteiger charge is -2.35. The SMILES string of the molecule is NNc1ccc(C(N(C(=O)O)[C@H]2CCNC2)C(F)(F)F)cn1. The summed E-state index contributed by atoms with van der Waals surface area (Å²) in [6, 6.07) is -0.578. The first-order chi connectivity index (χ1) is 10.3. The third-order valence-electron chi connectivity index (χ3n) is 3.49. The second-order valence-corrected chi connectivity index (χ2v) is 4.90. The lowest BCUT2D eigenvalue weighted by molar-refractivity contribution is -0.185. The van der Waals surface area contributed by atoms with Crippen LogP contribution in [-0.2, 0) is 0 Å². The molecule has 0 bridgehead atoms. The smallest absolute Gasteiger partial charge is 0.413 e. The number of hydrogen-bond acceptors (Lipinski definition) is 5. The molecule has 1 amide bonds. The third kappa shape index (κ3) is 3.39. The van der Waals surface area contributed by atoms with Gasteiger partial charge in [0.05, 0.1) is 0 Å². The van der Waals surface area contributed by atoms with Crippen LogP contribution >= 0.6 is 0 Å². The maximum absolute atomic E-state index is 13.5. The van der Waals surface area contributed by atoms with E-state index in [4.69, 9.17) is 5.84 Å². The summed E-state index contributed by atoms with van der Waals surface area (Å²) in [5.74, 6) is 5.31. The van der Waals surface area contributed by atoms with Crippen LogP contribution < -0.4 is 16.6 Å². The minimum absolute atomic E-state index is 0.189. The maximum Gasteiger partial charge on any atom is 0.413 e. The molecule has 1 aliphatic rings. The fourth-order valence-corrected chi connectivity index (χ4v) is 2.51. The molecule has 0 spiro atoms. The number of hydrogen-bond donors (Lipinski definition) is 4. The van der Waals surface area contributed by atoms with Crippen molar-refractivity contribution in [3.8, 4) is 0 Å². The van der Waals surface area contributed by atoms with Crippen LogP contribution in [0.25, 0.3) is 0 Å². The van der Waals surface area contributed by atoms with Crippen LogP contribution in [0.2, 0.25) is 0 Å². The zero-order valence-corrected chi connectivity index (χ0v) is 11.5. The predicted octanol–water partition coefficient (Wildman–Crippen LogP) is 1.31. The van der Waals surface area contributed by atoms with Crippen LogP contribution in [0.15, 0.2) is 18.3 Å². The fourth-order valence-electron chi connectivity index (χ4n) is 2.51. The van der Waals surface area contributed by atoms with Gasteiger partial charge >= 0.3 is 12.3 Å². The Morgan fingerprint density at radius 2 is 2.27 bits per heavy atom. The van der Waals surface area contributed by atoms with E-state index >= 15 is 0 Å². The largest absolute Gasteiger partial charge is 0.465 e. The summed E-state index contributed by atoms with van der Waals surface area (Å²) in [6.07, 6.45) is -5.06. The van der Waals surface area contributed by atoms with E-state index in [2.05, 4.69) is 15.7 Å². The molecule has 1 unspecified atom stereocenters. The van der Waals surface area contributed by atoms with E-state index in [1.165, 1.54) is 12.1 Å². The number of nitrogens with zero attached hydrogens (tertiary/aromatic N) is 2. The number of nitrogens with one attached hydrogen (secondary N) is 2. The second-order valence-electron chi connectivity index (χ2n) is 4.90. The van der Waals surface area contributed by atoms with E-state index in [-0.39, 0.29) is 17.9 Å². The molecule has 5 N–H and O–H groups in total. The summed E-state index contributed by atoms with van der Waals surface area (Å²) < 4.78 is 40.4. The molecule has 0 aromatic carbocycles. The van der Waals surface area contributed by atoms with E-state index in [0.717, 1.165) is 6.20 Å². The molecule has 1 aliphatic heterocycles. The number of aromatic nitrogens is 1. The Bertz CT molecular complexity index is 516. The Labute approximate surface area is 124 Å². The molecule has 1 aromatic heterocycles. The number of rotatable bonds is 4. The molecule has 7 nitrogen and oxygen atoms in total. The van der Waals surface area contributed by atoms with Gasteiger partial charge in [0.1, 0.15) is 5.82 Å². The number of alkyl halides is 3. The van der Waals surface area contributed by atoms with Crippen LogP contribution in [0, 0.1) is 0 Å². The zero-order valence-electron chi connectivity index (χ0n) is 11.5. The van der Waals surface area contributed by atoms with Gasteiger partial charge in [0.25, 0.3) is 0 Å². The summed E-state index contributed by atoms with van der Waals surface area (Å²) in [4.78, 5) is 15.6. The van der Waals surface area contributed by atoms with Gasteiger partial charge in [-0.25, -0.2) is 15.6 Å². The number of nitrogens with two attached hydrogens (primary N) is 1. The number of nitrogen functional groups attached to an aromatic ring is 1. The molecule has 1 fully saturated rings. The minimum Gasteiger partial charge on any atom is -0.465 e. The monoisotopic (exact) mass is 319 g/mol. The van der Waals surface area contributed by atoms with Gasteiger partial charge in [-0.15, -0.1) is 0 Å². The highest BCUT2D eigenvalue weighted by atomic mass is 19.4. The van der Waals surface area contributed by atoms with Crippen LogP contribution in [-0.4, -0.2) is 46.4 Å². The lowest BCUT2D eigenvalue weighted by atomic mass is 10.0. The van der Waals surface area contributed by atoms with E-state index < -0.39 is 24.4 Å². The zero-order chi connectivity index (χ0) is 16.3. The summed E-state index contributed by atoms with van der Waals surface area (Å²) >= 11 is 0. The van der Waals surface area contributed by atoms with Crippen LogP contribution in [0.4, 0.5) is 23.8 Å². The summed E-state index contributed by atoms with van der Waals surface area (Å²) in [6.45, 7) is 0.669. The fraction of sp³-hybridized carbons (Fsp3) is 0.500. The van der Waals surface area contributed by atoms with Gasteiger partial charge in [0, 0.05) is 24.3 Å². The molecular formula is C12H16F3N5O2. The maximum atomic E-state index is 13.5. The quantitative estimate of drug-likeness (QED) is 0.493. The first kappa shape index (κ1) is 16.3. The molecule has 122 valence electrons. The molecule has 0 aliphatic carbocycles. The van der Waals surface area contributed by atoms with Crippen molar-refractivity contribution in [2.75, 3.05) is 18.5 Å². The van der Waals surface area contributed by atoms with Crippen LogP contribution in [0.1, 0.15) is 18.0 Å². The Morgan fingerprint density at radius 1 is 1.55 bits per heavy atom. The first-order valence-electron chi connectivity index (χ1n) is 6.56. The number of hydrazine groups is 1. The minimum atomic E-state index is -4.75. The topological polar surface area (TPSA) is 104 Å². The van der Waals surface area contributed by atoms with Crippen LogP contribution in [0.5, 0.6) is 0 Å². The summed E-state index contributed by atoms with van der Waals surface area (Å²) in [5.41, 5.74) is 1.96. The van der Waals surface area contributed by atoms with Gasteiger partial charge in [-0.2, -0.15) is 13.2 Å². The predicted molar refractivity (Wildman–Crippen MR) is 72.0 cm³/mol. The summed E-state index contributed by atoms with van der Waals surface area (Å²) in [7, 11) is 0. The van der Waals surface area contributed by atoms with Gasteiger partial charge in [0.15, 0.2) is 6.04 Å². The molecule has 1 aromatic rings. The highest BCUT2D eigenvalue weighted by Gasteiger charge is 2.49. The Morgan fingerprint density at radius 3 is 2.68 bits per heavy atom. The standard InChI is InChI=1S/C12H16F3N5O2/c13-12(14,15)10(7-1-2-9(19-16)18-5-7)20(11(21)22)8-3-4-17-6-8/h1-2,5,8,10,17H,3-4,6,16H2,(H,18,19)(H,21,22)/t8-,10?/m0/s1. The highest BCUT2D eigenvalue weighted by Crippen LogP contribution is 2.39. The highest BCUT2D eigenvalue weighted by molar-refractivity contribution is 5.66. The molecular weight excluding hydrogens is 303 g/mol. The molecule has 22 heavy (non-hydrogen) atoms. The Kier molecular flexibility index (Phi) is 4.71. The lowest BCUT2D eigenvalue weighted by Crippen LogP contribution is -2.48. The molecule has 1 saturated heterocycles. The molecule has 0 radical (unpaired) electrons. The van der Waals surface area contributed by atoms with Crippen molar-refractivity contribution in [3.05, 3.63) is 23.9 Å². The number of halogens is 3. The number of anilines is 1. The van der Waals surface area contributed by atoms with Crippen molar-refractivity contribution >= 4 is 11.9 Å². The van der Waals surface area contributed by atoms with Crippen LogP contribution in [0.3, 0.4) is 0 Å². The van der Waals surface area contributed by atoms with Gasteiger partial charge in [-0.1, -0.05) is 6.07 Å². The van der Waals surface area contributed by atoms with E-state index in [1.54, 1.807) is 0 Å². The molecule has 2 heterocycles. The molecule has 10 heteroatoms. The molecule has 2 atom stereocenters. The number of carbonyl (C=O) groups is 1. The summed E-state index contributed by atoms with van der Waals surface area (Å²) in [5, 5.41) is 12.1. The van der Waals surface area contributed by atoms with Crippen molar-refractivity contribution in [1.82, 2.24) is 15.2 Å². The number of carboxylic acid groups (broad SMARTS) is 1. The molecule has 0 saturated carbocycles. The van der Waals surface area contributed by atoms with Crippen molar-refractivity contribution in [2.45, 2.75) is 24.7 Å². The normalized spacial score (nSPS) is 19.7. The number of pyridine rings is 1. The van der Waals surface area contributed by atoms with Gasteiger partial charge in [-0.05, 0) is 19.0 Å². The first-order valence-corrected chi connectivity index (χ1v) is 6.56. The van der Waals surface area contributed by atoms with E-state index in [0.29, 0.717) is 17.9 Å². The average molecular weight is 319 g/mol. The van der Waals surface area contributed by atoms with E-state index in [1.807, 2.05) is 0 Å². The van der Waals surface area contributed by atoms with Gasteiger partial charge in [-0.3, -0.25) is 4.90 Å². The van der Waals surface area contributed by atoms with Crippen molar-refractivity contribution in [1.29, 1.82) is 0 Å². The Balaban J connectivity index is 2.40. The Hall–Kier alpha value is -2.07. The van der Waals surface area contributed by atoms with Crippen molar-refractivity contribution in [3.63, 3.8) is 0 Å².